The van der Waals surface area contributed by atoms with Crippen LogP contribution in [0, 0.1) is 0 Å². The normalized spacial score (nSPS) is 13.8. The summed E-state index contributed by atoms with van der Waals surface area (Å²) < 4.78 is 5.49. The second kappa shape index (κ2) is 9.18. The van der Waals surface area contributed by atoms with Crippen molar-refractivity contribution >= 4 is 5.91 Å². The van der Waals surface area contributed by atoms with Gasteiger partial charge in [0.2, 0.25) is 11.8 Å². The molecule has 1 amide bonds. The van der Waals surface area contributed by atoms with Gasteiger partial charge in [-0.05, 0) is 16.7 Å². The summed E-state index contributed by atoms with van der Waals surface area (Å²) in [4.78, 5) is 19.5. The van der Waals surface area contributed by atoms with Crippen LogP contribution >= 0.6 is 0 Å². The predicted molar refractivity (Wildman–Crippen MR) is 122 cm³/mol. The summed E-state index contributed by atoms with van der Waals surface area (Å²) in [6.45, 7) is 1.25. The second-order valence-electron chi connectivity index (χ2n) is 8.28. The number of rotatable bonds is 7. The molecule has 160 valence electrons. The number of nitrogens with zero attached hydrogens (tertiary/aromatic N) is 3. The van der Waals surface area contributed by atoms with Crippen LogP contribution in [0.1, 0.15) is 46.7 Å². The van der Waals surface area contributed by atoms with Crippen molar-refractivity contribution in [2.24, 2.45) is 0 Å². The van der Waals surface area contributed by atoms with Crippen molar-refractivity contribution in [1.82, 2.24) is 15.0 Å². The maximum atomic E-state index is 13.1. The average molecular weight is 424 g/mol. The van der Waals surface area contributed by atoms with E-state index in [0.717, 1.165) is 16.7 Å². The van der Waals surface area contributed by atoms with E-state index in [9.17, 15) is 4.79 Å². The van der Waals surface area contributed by atoms with Crippen LogP contribution in [-0.4, -0.2) is 34.0 Å². The van der Waals surface area contributed by atoms with E-state index < -0.39 is 0 Å². The highest BCUT2D eigenvalue weighted by Crippen LogP contribution is 2.32. The summed E-state index contributed by atoms with van der Waals surface area (Å²) in [5, 5.41) is 4.12. The Bertz CT molecular complexity index is 1110. The molecule has 0 aliphatic carbocycles. The van der Waals surface area contributed by atoms with E-state index in [1.807, 2.05) is 59.5 Å². The minimum atomic E-state index is 0.0461. The lowest BCUT2D eigenvalue weighted by molar-refractivity contribution is -0.136. The summed E-state index contributed by atoms with van der Waals surface area (Å²) in [5.41, 5.74) is 3.47. The molecule has 1 fully saturated rings. The van der Waals surface area contributed by atoms with E-state index in [0.29, 0.717) is 37.6 Å². The van der Waals surface area contributed by atoms with Crippen molar-refractivity contribution in [3.05, 3.63) is 119 Å². The van der Waals surface area contributed by atoms with Gasteiger partial charge in [0.25, 0.3) is 0 Å². The molecule has 32 heavy (non-hydrogen) atoms. The molecule has 1 aliphatic rings. The van der Waals surface area contributed by atoms with Gasteiger partial charge in [-0.15, -0.1) is 0 Å². The molecule has 1 saturated heterocycles. The average Bonchev–Trinajstić information content (AvgIpc) is 3.26. The van der Waals surface area contributed by atoms with Gasteiger partial charge in [-0.2, -0.15) is 4.98 Å². The van der Waals surface area contributed by atoms with Crippen LogP contribution in [-0.2, 0) is 11.2 Å². The van der Waals surface area contributed by atoms with Gasteiger partial charge in [-0.1, -0.05) is 96.2 Å². The molecule has 1 aliphatic heterocycles. The SMILES string of the molecule is O=C(CC(c1ccccc1)c1ccccc1)N1CC(c2nc(Cc3ccccc3)no2)C1. The fourth-order valence-corrected chi connectivity index (χ4v) is 4.22. The highest BCUT2D eigenvalue weighted by molar-refractivity contribution is 5.78. The zero-order chi connectivity index (χ0) is 21.8. The van der Waals surface area contributed by atoms with Crippen LogP contribution in [0.25, 0.3) is 0 Å². The standard InChI is InChI=1S/C27H25N3O2/c31-26(17-24(21-12-6-2-7-13-21)22-14-8-3-9-15-22)30-18-23(19-30)27-28-25(29-32-27)16-20-10-4-1-5-11-20/h1-15,23-24H,16-19H2. The van der Waals surface area contributed by atoms with Gasteiger partial charge in [0.15, 0.2) is 5.82 Å². The van der Waals surface area contributed by atoms with Crippen molar-refractivity contribution in [3.63, 3.8) is 0 Å². The monoisotopic (exact) mass is 423 g/mol. The van der Waals surface area contributed by atoms with Crippen molar-refractivity contribution in [2.45, 2.75) is 24.7 Å². The minimum Gasteiger partial charge on any atom is -0.341 e. The van der Waals surface area contributed by atoms with Crippen LogP contribution in [0.5, 0.6) is 0 Å². The van der Waals surface area contributed by atoms with Gasteiger partial charge in [0.05, 0.1) is 5.92 Å². The van der Waals surface area contributed by atoms with E-state index >= 15 is 0 Å². The molecule has 5 nitrogen and oxygen atoms in total. The molecule has 0 radical (unpaired) electrons. The number of hydrogen-bond acceptors (Lipinski definition) is 4. The van der Waals surface area contributed by atoms with Crippen molar-refractivity contribution in [3.8, 4) is 0 Å². The Kier molecular flexibility index (Phi) is 5.79. The minimum absolute atomic E-state index is 0.0461. The maximum absolute atomic E-state index is 13.1. The first-order valence-corrected chi connectivity index (χ1v) is 11.0. The Morgan fingerprint density at radius 2 is 1.44 bits per heavy atom. The van der Waals surface area contributed by atoms with Gasteiger partial charge in [-0.3, -0.25) is 4.79 Å². The molecule has 2 heterocycles. The van der Waals surface area contributed by atoms with Crippen molar-refractivity contribution in [1.29, 1.82) is 0 Å². The van der Waals surface area contributed by atoms with Gasteiger partial charge < -0.3 is 9.42 Å². The first-order valence-electron chi connectivity index (χ1n) is 11.0. The fraction of sp³-hybridized carbons (Fsp3) is 0.222. The van der Waals surface area contributed by atoms with Crippen LogP contribution in [0.3, 0.4) is 0 Å². The molecule has 0 spiro atoms. The molecule has 4 aromatic rings. The quantitative estimate of drug-likeness (QED) is 0.428. The summed E-state index contributed by atoms with van der Waals surface area (Å²) in [7, 11) is 0. The summed E-state index contributed by atoms with van der Waals surface area (Å²) in [5.74, 6) is 1.63. The zero-order valence-corrected chi connectivity index (χ0v) is 17.8. The highest BCUT2D eigenvalue weighted by Gasteiger charge is 2.36. The highest BCUT2D eigenvalue weighted by atomic mass is 16.5. The van der Waals surface area contributed by atoms with Crippen LogP contribution in [0.2, 0.25) is 0 Å². The Labute approximate surface area is 187 Å². The number of hydrogen-bond donors (Lipinski definition) is 0. The molecule has 0 N–H and O–H groups in total. The number of aromatic nitrogens is 2. The third-order valence-electron chi connectivity index (χ3n) is 6.05. The molecular weight excluding hydrogens is 398 g/mol. The molecule has 0 bridgehead atoms. The Balaban J connectivity index is 1.21. The summed E-state index contributed by atoms with van der Waals surface area (Å²) in [6.07, 6.45) is 1.10. The summed E-state index contributed by atoms with van der Waals surface area (Å²) in [6, 6.07) is 30.6. The van der Waals surface area contributed by atoms with E-state index in [1.165, 1.54) is 0 Å². The van der Waals surface area contributed by atoms with E-state index in [4.69, 9.17) is 4.52 Å². The number of likely N-dealkylation sites (tertiary alicyclic amines) is 1. The van der Waals surface area contributed by atoms with Gasteiger partial charge >= 0.3 is 0 Å². The molecule has 5 rings (SSSR count). The summed E-state index contributed by atoms with van der Waals surface area (Å²) >= 11 is 0. The number of benzene rings is 3. The van der Waals surface area contributed by atoms with E-state index in [2.05, 4.69) is 46.5 Å². The first-order chi connectivity index (χ1) is 15.8. The zero-order valence-electron chi connectivity index (χ0n) is 17.8. The molecule has 0 saturated carbocycles. The number of carbonyl (C=O) groups is 1. The molecule has 0 atom stereocenters. The third-order valence-corrected chi connectivity index (χ3v) is 6.05. The molecule has 1 aromatic heterocycles. The lowest BCUT2D eigenvalue weighted by Crippen LogP contribution is -2.49. The van der Waals surface area contributed by atoms with Gasteiger partial charge in [0, 0.05) is 31.8 Å². The number of amides is 1. The Hall–Kier alpha value is -3.73. The van der Waals surface area contributed by atoms with Crippen LogP contribution < -0.4 is 0 Å². The maximum Gasteiger partial charge on any atom is 0.233 e. The van der Waals surface area contributed by atoms with Gasteiger partial charge in [-0.25, -0.2) is 0 Å². The molecule has 0 unspecified atom stereocenters. The molecule has 5 heteroatoms. The lowest BCUT2D eigenvalue weighted by atomic mass is 9.87. The Morgan fingerprint density at radius 3 is 2.03 bits per heavy atom. The van der Waals surface area contributed by atoms with Gasteiger partial charge in [0.1, 0.15) is 0 Å². The smallest absolute Gasteiger partial charge is 0.233 e. The fourth-order valence-electron chi connectivity index (χ4n) is 4.22. The molecular formula is C27H25N3O2. The van der Waals surface area contributed by atoms with Crippen molar-refractivity contribution < 1.29 is 9.32 Å². The largest absolute Gasteiger partial charge is 0.341 e. The number of carbonyl (C=O) groups excluding carboxylic acids is 1. The second-order valence-corrected chi connectivity index (χ2v) is 8.28. The topological polar surface area (TPSA) is 59.2 Å². The van der Waals surface area contributed by atoms with Crippen LogP contribution in [0.15, 0.2) is 95.5 Å². The third kappa shape index (κ3) is 4.47. The van der Waals surface area contributed by atoms with Crippen molar-refractivity contribution in [2.75, 3.05) is 13.1 Å². The van der Waals surface area contributed by atoms with E-state index in [1.54, 1.807) is 0 Å². The Morgan fingerprint density at radius 1 is 0.875 bits per heavy atom. The van der Waals surface area contributed by atoms with Crippen LogP contribution in [0.4, 0.5) is 0 Å². The van der Waals surface area contributed by atoms with E-state index in [-0.39, 0.29) is 17.7 Å². The lowest BCUT2D eigenvalue weighted by Gasteiger charge is -2.38. The predicted octanol–water partition coefficient (Wildman–Crippen LogP) is 4.81. The first kappa shape index (κ1) is 20.2. The molecule has 3 aromatic carbocycles.